The highest BCUT2D eigenvalue weighted by molar-refractivity contribution is 5.69. The van der Waals surface area contributed by atoms with E-state index in [0.29, 0.717) is 22.6 Å². The molecule has 0 aliphatic carbocycles. The third-order valence-corrected chi connectivity index (χ3v) is 4.01. The molecule has 0 saturated heterocycles. The van der Waals surface area contributed by atoms with E-state index in [1.54, 1.807) is 37.4 Å². The number of phenolic OH excluding ortho intramolecular Hbond substituents is 2. The molecule has 2 aromatic carbocycles. The maximum atomic E-state index is 12.2. The van der Waals surface area contributed by atoms with E-state index in [1.807, 2.05) is 13.8 Å². The number of methoxy groups -OCH3 is 1. The van der Waals surface area contributed by atoms with Gasteiger partial charge in [0.1, 0.15) is 17.2 Å². The number of H-pyrrole nitrogens is 1. The summed E-state index contributed by atoms with van der Waals surface area (Å²) in [5.74, 6) is 0.811. The lowest BCUT2D eigenvalue weighted by Crippen LogP contribution is -2.15. The van der Waals surface area contributed by atoms with Crippen molar-refractivity contribution in [1.29, 1.82) is 0 Å². The molecule has 0 radical (unpaired) electrons. The zero-order chi connectivity index (χ0) is 18.1. The predicted molar refractivity (Wildman–Crippen MR) is 93.6 cm³/mol. The summed E-state index contributed by atoms with van der Waals surface area (Å²) in [5.41, 5.74) is 1.16. The predicted octanol–water partition coefficient (Wildman–Crippen LogP) is 2.77. The number of nitrogens with one attached hydrogen (secondary N) is 1. The summed E-state index contributed by atoms with van der Waals surface area (Å²) >= 11 is 0. The number of nitrogens with zero attached hydrogens (tertiary/aromatic N) is 2. The van der Waals surface area contributed by atoms with Crippen molar-refractivity contribution in [2.45, 2.75) is 19.8 Å². The number of rotatable bonds is 4. The zero-order valence-electron chi connectivity index (χ0n) is 14.1. The second kappa shape index (κ2) is 6.35. The van der Waals surface area contributed by atoms with Crippen molar-refractivity contribution in [3.63, 3.8) is 0 Å². The molecule has 3 N–H and O–H groups in total. The quantitative estimate of drug-likeness (QED) is 0.677. The first-order valence-electron chi connectivity index (χ1n) is 7.80. The van der Waals surface area contributed by atoms with Crippen molar-refractivity contribution in [2.24, 2.45) is 0 Å². The van der Waals surface area contributed by atoms with Crippen LogP contribution in [0.5, 0.6) is 17.2 Å². The molecule has 1 heterocycles. The van der Waals surface area contributed by atoms with Crippen LogP contribution in [0.15, 0.2) is 41.2 Å². The number of benzene rings is 2. The molecule has 7 heteroatoms. The van der Waals surface area contributed by atoms with Gasteiger partial charge in [-0.2, -0.15) is 5.10 Å². The molecule has 0 aliphatic rings. The molecule has 25 heavy (non-hydrogen) atoms. The van der Waals surface area contributed by atoms with Gasteiger partial charge in [0.15, 0.2) is 5.82 Å². The summed E-state index contributed by atoms with van der Waals surface area (Å²) in [6, 6.07) is 9.82. The summed E-state index contributed by atoms with van der Waals surface area (Å²) in [5, 5.41) is 26.7. The lowest BCUT2D eigenvalue weighted by atomic mass is 9.98. The zero-order valence-corrected chi connectivity index (χ0v) is 14.1. The van der Waals surface area contributed by atoms with Gasteiger partial charge in [-0.1, -0.05) is 13.8 Å². The molecule has 0 aliphatic heterocycles. The Hall–Kier alpha value is -3.22. The molecule has 0 saturated carbocycles. The van der Waals surface area contributed by atoms with Crippen LogP contribution >= 0.6 is 0 Å². The minimum Gasteiger partial charge on any atom is -0.508 e. The molecule has 3 aromatic rings. The molecule has 130 valence electrons. The minimum atomic E-state index is -0.432. The van der Waals surface area contributed by atoms with Crippen LogP contribution in [0, 0.1) is 0 Å². The molecule has 1 aromatic heterocycles. The van der Waals surface area contributed by atoms with Crippen LogP contribution in [0.2, 0.25) is 0 Å². The van der Waals surface area contributed by atoms with Crippen molar-refractivity contribution >= 4 is 0 Å². The largest absolute Gasteiger partial charge is 0.508 e. The first-order valence-corrected chi connectivity index (χ1v) is 7.80. The van der Waals surface area contributed by atoms with Crippen molar-refractivity contribution in [1.82, 2.24) is 14.8 Å². The Morgan fingerprint density at radius 3 is 2.40 bits per heavy atom. The van der Waals surface area contributed by atoms with Gasteiger partial charge in [0.25, 0.3) is 0 Å². The van der Waals surface area contributed by atoms with Gasteiger partial charge in [-0.3, -0.25) is 0 Å². The second-order valence-electron chi connectivity index (χ2n) is 5.97. The third-order valence-electron chi connectivity index (χ3n) is 4.01. The molecule has 0 amide bonds. The van der Waals surface area contributed by atoms with Crippen molar-refractivity contribution in [3.05, 3.63) is 52.4 Å². The SMILES string of the molecule is COc1ccc(-n2c(-c3cc(C(C)C)c(O)cc3O)n[nH]c2=O)cc1. The highest BCUT2D eigenvalue weighted by atomic mass is 16.5. The van der Waals surface area contributed by atoms with Crippen LogP contribution in [-0.2, 0) is 0 Å². The highest BCUT2D eigenvalue weighted by Gasteiger charge is 2.19. The normalized spacial score (nSPS) is 11.0. The number of aromatic hydroxyl groups is 2. The fraction of sp³-hybridized carbons (Fsp3) is 0.222. The molecule has 0 fully saturated rings. The second-order valence-corrected chi connectivity index (χ2v) is 5.97. The number of phenols is 2. The number of ether oxygens (including phenoxy) is 1. The van der Waals surface area contributed by atoms with Gasteiger partial charge in [0.2, 0.25) is 0 Å². The average molecular weight is 341 g/mol. The molecular formula is C18H19N3O4. The molecule has 0 atom stereocenters. The maximum Gasteiger partial charge on any atom is 0.348 e. The van der Waals surface area contributed by atoms with Crippen LogP contribution in [0.3, 0.4) is 0 Å². The van der Waals surface area contributed by atoms with Gasteiger partial charge < -0.3 is 14.9 Å². The van der Waals surface area contributed by atoms with E-state index in [1.165, 1.54) is 10.6 Å². The van der Waals surface area contributed by atoms with E-state index >= 15 is 0 Å². The lowest BCUT2D eigenvalue weighted by molar-refractivity contribution is 0.414. The molecule has 3 rings (SSSR count). The van der Waals surface area contributed by atoms with Gasteiger partial charge in [-0.05, 0) is 41.8 Å². The van der Waals surface area contributed by atoms with Crippen LogP contribution in [0.4, 0.5) is 0 Å². The van der Waals surface area contributed by atoms with E-state index in [9.17, 15) is 15.0 Å². The van der Waals surface area contributed by atoms with Crippen molar-refractivity contribution < 1.29 is 14.9 Å². The fourth-order valence-electron chi connectivity index (χ4n) is 2.68. The Labute approximate surface area is 144 Å². The Morgan fingerprint density at radius 2 is 1.80 bits per heavy atom. The summed E-state index contributed by atoms with van der Waals surface area (Å²) in [4.78, 5) is 12.2. The highest BCUT2D eigenvalue weighted by Crippen LogP contribution is 2.37. The van der Waals surface area contributed by atoms with Gasteiger partial charge in [0.05, 0.1) is 18.4 Å². The first-order chi connectivity index (χ1) is 11.9. The van der Waals surface area contributed by atoms with Crippen LogP contribution in [-0.4, -0.2) is 32.1 Å². The van der Waals surface area contributed by atoms with E-state index in [4.69, 9.17) is 4.74 Å². The van der Waals surface area contributed by atoms with Crippen molar-refractivity contribution in [3.8, 4) is 34.3 Å². The minimum absolute atomic E-state index is 0.00475. The van der Waals surface area contributed by atoms with Crippen molar-refractivity contribution in [2.75, 3.05) is 7.11 Å². The van der Waals surface area contributed by atoms with E-state index in [-0.39, 0.29) is 23.2 Å². The summed E-state index contributed by atoms with van der Waals surface area (Å²) in [6.07, 6.45) is 0. The van der Waals surface area contributed by atoms with Crippen LogP contribution < -0.4 is 10.4 Å². The number of hydrogen-bond acceptors (Lipinski definition) is 5. The third kappa shape index (κ3) is 2.96. The molecular weight excluding hydrogens is 322 g/mol. The van der Waals surface area contributed by atoms with Gasteiger partial charge >= 0.3 is 5.69 Å². The fourth-order valence-corrected chi connectivity index (χ4v) is 2.68. The monoisotopic (exact) mass is 341 g/mol. The summed E-state index contributed by atoms with van der Waals surface area (Å²) < 4.78 is 6.48. The summed E-state index contributed by atoms with van der Waals surface area (Å²) in [7, 11) is 1.56. The van der Waals surface area contributed by atoms with E-state index in [2.05, 4.69) is 10.2 Å². The first kappa shape index (κ1) is 16.6. The Morgan fingerprint density at radius 1 is 1.12 bits per heavy atom. The van der Waals surface area contributed by atoms with Gasteiger partial charge in [-0.25, -0.2) is 14.5 Å². The number of aromatic amines is 1. The van der Waals surface area contributed by atoms with Gasteiger partial charge in [-0.15, -0.1) is 0 Å². The maximum absolute atomic E-state index is 12.2. The lowest BCUT2D eigenvalue weighted by Gasteiger charge is -2.13. The number of hydrogen-bond donors (Lipinski definition) is 3. The Bertz CT molecular complexity index is 955. The standard InChI is InChI=1S/C18H19N3O4/c1-10(2)13-8-14(16(23)9-15(13)22)17-19-20-18(24)21(17)11-4-6-12(25-3)7-5-11/h4-10,22-23H,1-3H3,(H,20,24). The van der Waals surface area contributed by atoms with E-state index < -0.39 is 5.69 Å². The average Bonchev–Trinajstić information content (AvgIpc) is 2.96. The Kier molecular flexibility index (Phi) is 4.22. The Balaban J connectivity index is 2.20. The van der Waals surface area contributed by atoms with E-state index in [0.717, 1.165) is 0 Å². The molecule has 0 unspecified atom stereocenters. The van der Waals surface area contributed by atoms with Crippen LogP contribution in [0.1, 0.15) is 25.3 Å². The van der Waals surface area contributed by atoms with Crippen LogP contribution in [0.25, 0.3) is 17.1 Å². The molecule has 7 nitrogen and oxygen atoms in total. The number of aromatic nitrogens is 3. The molecule has 0 bridgehead atoms. The smallest absolute Gasteiger partial charge is 0.348 e. The summed E-state index contributed by atoms with van der Waals surface area (Å²) in [6.45, 7) is 3.86. The topological polar surface area (TPSA) is 100 Å². The molecule has 0 spiro atoms. The van der Waals surface area contributed by atoms with Gasteiger partial charge in [0, 0.05) is 6.07 Å².